The largest absolute Gasteiger partial charge is 0.478 e. The number of aromatic carboxylic acids is 1. The normalized spacial score (nSPS) is 11.4. The second kappa shape index (κ2) is 5.98. The molecule has 0 radical (unpaired) electrons. The predicted octanol–water partition coefficient (Wildman–Crippen LogP) is 2.88. The molecule has 0 spiro atoms. The van der Waals surface area contributed by atoms with Crippen LogP contribution in [-0.4, -0.2) is 30.3 Å². The number of carboxylic acid groups (broad SMARTS) is 1. The Hall–Kier alpha value is -1.99. The fourth-order valence-corrected chi connectivity index (χ4v) is 1.78. The van der Waals surface area contributed by atoms with Crippen LogP contribution in [0, 0.1) is 5.82 Å². The molecular weight excluding hydrogens is 280 g/mol. The molecule has 0 aromatic heterocycles. The highest BCUT2D eigenvalue weighted by atomic mass is 19.4. The zero-order valence-electron chi connectivity index (χ0n) is 10.7. The van der Waals surface area contributed by atoms with E-state index in [1.807, 2.05) is 0 Å². The number of benzene rings is 1. The van der Waals surface area contributed by atoms with Gasteiger partial charge in [-0.25, -0.2) is 9.18 Å². The maximum Gasteiger partial charge on any atom is 0.405 e. The second-order valence-electron chi connectivity index (χ2n) is 4.23. The molecule has 0 aliphatic carbocycles. The first kappa shape index (κ1) is 16.1. The fourth-order valence-electron chi connectivity index (χ4n) is 1.78. The van der Waals surface area contributed by atoms with E-state index < -0.39 is 35.8 Å². The summed E-state index contributed by atoms with van der Waals surface area (Å²) < 4.78 is 51.2. The van der Waals surface area contributed by atoms with Crippen LogP contribution in [0.25, 0.3) is 0 Å². The molecule has 1 rings (SSSR count). The van der Waals surface area contributed by atoms with Gasteiger partial charge in [-0.2, -0.15) is 13.2 Å². The van der Waals surface area contributed by atoms with Crippen molar-refractivity contribution in [3.8, 4) is 0 Å². The van der Waals surface area contributed by atoms with Crippen molar-refractivity contribution in [1.82, 2.24) is 0 Å². The maximum atomic E-state index is 13.8. The van der Waals surface area contributed by atoms with Crippen LogP contribution in [0.4, 0.5) is 28.9 Å². The number of alkyl halides is 3. The number of rotatable bonds is 5. The average Bonchev–Trinajstić information content (AvgIpc) is 2.26. The van der Waals surface area contributed by atoms with Crippen LogP contribution in [-0.2, 0) is 0 Å². The summed E-state index contributed by atoms with van der Waals surface area (Å²) in [5, 5.41) is 8.88. The number of anilines is 2. The molecule has 1 aromatic rings. The molecule has 3 N–H and O–H groups in total. The van der Waals surface area contributed by atoms with E-state index in [1.165, 1.54) is 0 Å². The summed E-state index contributed by atoms with van der Waals surface area (Å²) in [6.07, 6.45) is -4.17. The standard InChI is InChI=1S/C12H14F4N2O2/c1-2-3-18(6-12(14,15)16)10-4-7(11(19)20)9(17)5-8(10)13/h4-5H,2-3,6,17H2,1H3,(H,19,20). The van der Waals surface area contributed by atoms with E-state index in [4.69, 9.17) is 10.8 Å². The van der Waals surface area contributed by atoms with Gasteiger partial charge in [0.15, 0.2) is 0 Å². The molecule has 0 heterocycles. The lowest BCUT2D eigenvalue weighted by Crippen LogP contribution is -2.35. The Morgan fingerprint density at radius 3 is 2.45 bits per heavy atom. The molecule has 1 aromatic carbocycles. The summed E-state index contributed by atoms with van der Waals surface area (Å²) in [5.74, 6) is -2.41. The summed E-state index contributed by atoms with van der Waals surface area (Å²) in [4.78, 5) is 11.7. The monoisotopic (exact) mass is 294 g/mol. The number of nitrogen functional groups attached to an aromatic ring is 1. The van der Waals surface area contributed by atoms with Crippen LogP contribution in [0.5, 0.6) is 0 Å². The van der Waals surface area contributed by atoms with E-state index in [2.05, 4.69) is 0 Å². The van der Waals surface area contributed by atoms with Crippen molar-refractivity contribution in [2.45, 2.75) is 19.5 Å². The van der Waals surface area contributed by atoms with Gasteiger partial charge in [-0.05, 0) is 18.6 Å². The molecule has 112 valence electrons. The fraction of sp³-hybridized carbons (Fsp3) is 0.417. The number of hydrogen-bond donors (Lipinski definition) is 2. The van der Waals surface area contributed by atoms with E-state index in [1.54, 1.807) is 6.92 Å². The van der Waals surface area contributed by atoms with Crippen molar-refractivity contribution >= 4 is 17.3 Å². The van der Waals surface area contributed by atoms with Crippen LogP contribution in [0.2, 0.25) is 0 Å². The molecule has 0 fully saturated rings. The smallest absolute Gasteiger partial charge is 0.405 e. The van der Waals surface area contributed by atoms with Gasteiger partial charge in [0.2, 0.25) is 0 Å². The van der Waals surface area contributed by atoms with Crippen LogP contribution < -0.4 is 10.6 Å². The third-order valence-electron chi connectivity index (χ3n) is 2.55. The Bertz CT molecular complexity index is 503. The second-order valence-corrected chi connectivity index (χ2v) is 4.23. The highest BCUT2D eigenvalue weighted by Gasteiger charge is 2.32. The molecule has 0 saturated heterocycles. The van der Waals surface area contributed by atoms with Crippen LogP contribution in [0.1, 0.15) is 23.7 Å². The van der Waals surface area contributed by atoms with Crippen molar-refractivity contribution in [3.05, 3.63) is 23.5 Å². The zero-order chi connectivity index (χ0) is 15.5. The van der Waals surface area contributed by atoms with E-state index in [-0.39, 0.29) is 12.2 Å². The predicted molar refractivity (Wildman–Crippen MR) is 66.3 cm³/mol. The Morgan fingerprint density at radius 1 is 1.40 bits per heavy atom. The molecule has 0 atom stereocenters. The molecule has 0 saturated carbocycles. The summed E-state index contributed by atoms with van der Waals surface area (Å²) >= 11 is 0. The Balaban J connectivity index is 3.25. The quantitative estimate of drug-likeness (QED) is 0.647. The van der Waals surface area contributed by atoms with Crippen molar-refractivity contribution in [3.63, 3.8) is 0 Å². The van der Waals surface area contributed by atoms with Gasteiger partial charge >= 0.3 is 12.1 Å². The molecule has 4 nitrogen and oxygen atoms in total. The minimum atomic E-state index is -4.52. The number of carbonyl (C=O) groups is 1. The van der Waals surface area contributed by atoms with Crippen molar-refractivity contribution in [1.29, 1.82) is 0 Å². The van der Waals surface area contributed by atoms with E-state index in [0.29, 0.717) is 6.42 Å². The van der Waals surface area contributed by atoms with Crippen LogP contribution in [0.15, 0.2) is 12.1 Å². The van der Waals surface area contributed by atoms with Crippen molar-refractivity contribution in [2.24, 2.45) is 0 Å². The maximum absolute atomic E-state index is 13.8. The summed E-state index contributed by atoms with van der Waals surface area (Å²) in [7, 11) is 0. The molecule has 0 bridgehead atoms. The van der Waals surface area contributed by atoms with Gasteiger partial charge in [-0.1, -0.05) is 6.92 Å². The lowest BCUT2D eigenvalue weighted by atomic mass is 10.1. The minimum absolute atomic E-state index is 0.0561. The topological polar surface area (TPSA) is 66.6 Å². The number of nitrogens with two attached hydrogens (primary N) is 1. The number of carboxylic acids is 1. The first-order chi connectivity index (χ1) is 9.15. The summed E-state index contributed by atoms with van der Waals surface area (Å²) in [6.45, 7) is 0.219. The van der Waals surface area contributed by atoms with Gasteiger partial charge in [0, 0.05) is 12.2 Å². The van der Waals surface area contributed by atoms with Gasteiger partial charge in [-0.3, -0.25) is 0 Å². The number of halogens is 4. The third kappa shape index (κ3) is 4.01. The minimum Gasteiger partial charge on any atom is -0.478 e. The van der Waals surface area contributed by atoms with E-state index >= 15 is 0 Å². The van der Waals surface area contributed by atoms with Crippen LogP contribution in [0.3, 0.4) is 0 Å². The zero-order valence-corrected chi connectivity index (χ0v) is 10.7. The summed E-state index contributed by atoms with van der Waals surface area (Å²) in [6, 6.07) is 1.55. The van der Waals surface area contributed by atoms with E-state index in [0.717, 1.165) is 17.0 Å². The van der Waals surface area contributed by atoms with Gasteiger partial charge in [0.25, 0.3) is 0 Å². The molecule has 0 unspecified atom stereocenters. The highest BCUT2D eigenvalue weighted by Crippen LogP contribution is 2.28. The number of nitrogens with zero attached hydrogens (tertiary/aromatic N) is 1. The van der Waals surface area contributed by atoms with Crippen molar-refractivity contribution in [2.75, 3.05) is 23.7 Å². The van der Waals surface area contributed by atoms with Crippen molar-refractivity contribution < 1.29 is 27.5 Å². The van der Waals surface area contributed by atoms with Gasteiger partial charge in [0.1, 0.15) is 12.4 Å². The lowest BCUT2D eigenvalue weighted by molar-refractivity contribution is -0.119. The Kier molecular flexibility index (Phi) is 4.80. The Morgan fingerprint density at radius 2 is 2.00 bits per heavy atom. The molecule has 20 heavy (non-hydrogen) atoms. The lowest BCUT2D eigenvalue weighted by Gasteiger charge is -2.26. The Labute approximate surface area is 112 Å². The van der Waals surface area contributed by atoms with Gasteiger partial charge in [-0.15, -0.1) is 0 Å². The SMILES string of the molecule is CCCN(CC(F)(F)F)c1cc(C(=O)O)c(N)cc1F. The third-order valence-corrected chi connectivity index (χ3v) is 2.55. The van der Waals surface area contributed by atoms with E-state index in [9.17, 15) is 22.4 Å². The molecule has 8 heteroatoms. The van der Waals surface area contributed by atoms with Crippen LogP contribution >= 0.6 is 0 Å². The number of hydrogen-bond acceptors (Lipinski definition) is 3. The molecule has 0 amide bonds. The molecular formula is C12H14F4N2O2. The molecule has 0 aliphatic rings. The highest BCUT2D eigenvalue weighted by molar-refractivity contribution is 5.95. The average molecular weight is 294 g/mol. The molecule has 0 aliphatic heterocycles. The van der Waals surface area contributed by atoms with Gasteiger partial charge in [0.05, 0.1) is 11.3 Å². The summed E-state index contributed by atoms with van der Waals surface area (Å²) in [5.41, 5.74) is 4.15. The van der Waals surface area contributed by atoms with Gasteiger partial charge < -0.3 is 15.7 Å². The first-order valence-corrected chi connectivity index (χ1v) is 5.79. The first-order valence-electron chi connectivity index (χ1n) is 5.79.